The number of carbonyl (C=O) groups is 3. The molecule has 0 bridgehead atoms. The van der Waals surface area contributed by atoms with E-state index in [1.54, 1.807) is 27.8 Å². The highest BCUT2D eigenvalue weighted by Gasteiger charge is 2.55. The minimum Gasteiger partial charge on any atom is -0.297 e. The fraction of sp³-hybridized carbons (Fsp3) is 0.522. The molecule has 1 fully saturated rings. The lowest BCUT2D eigenvalue weighted by molar-refractivity contribution is -0.539. The number of ketones is 1. The van der Waals surface area contributed by atoms with Crippen LogP contribution < -0.4 is 4.90 Å². The third-order valence-corrected chi connectivity index (χ3v) is 6.19. The first-order valence-electron chi connectivity index (χ1n) is 10.7. The van der Waals surface area contributed by atoms with Gasteiger partial charge in [-0.05, 0) is 25.5 Å². The highest BCUT2D eigenvalue weighted by atomic mass is 16.2. The van der Waals surface area contributed by atoms with E-state index >= 15 is 0 Å². The maximum absolute atomic E-state index is 13.4. The van der Waals surface area contributed by atoms with Crippen molar-refractivity contribution < 1.29 is 19.0 Å². The van der Waals surface area contributed by atoms with E-state index in [1.165, 1.54) is 10.5 Å². The largest absolute Gasteiger partial charge is 0.397 e. The van der Waals surface area contributed by atoms with Crippen LogP contribution in [0.25, 0.3) is 0 Å². The summed E-state index contributed by atoms with van der Waals surface area (Å²) in [7, 11) is 1.62. The van der Waals surface area contributed by atoms with Crippen LogP contribution in [0.15, 0.2) is 23.2 Å². The van der Waals surface area contributed by atoms with E-state index in [2.05, 4.69) is 36.9 Å². The molecule has 3 heterocycles. The van der Waals surface area contributed by atoms with E-state index in [4.69, 9.17) is 4.99 Å². The molecule has 1 atom stereocenters. The third kappa shape index (κ3) is 3.43. The summed E-state index contributed by atoms with van der Waals surface area (Å²) < 4.78 is 1.97. The predicted octanol–water partition coefficient (Wildman–Crippen LogP) is 2.17. The molecule has 8 heteroatoms. The van der Waals surface area contributed by atoms with Crippen LogP contribution in [0.5, 0.6) is 0 Å². The number of amidine groups is 1. The standard InChI is InChI=1S/C23H30N5O3/c1-14-8-9-16(15(2)12-14)26-10-7-11-27-18-19(24-21(26)27)25(6)22(31)28(20(18)30)13-17(29)23(3,4)5/h8-9,12,18H,7,10-11,13H2,1-6H3/q+1. The van der Waals surface area contributed by atoms with Crippen LogP contribution in [0.4, 0.5) is 10.5 Å². The SMILES string of the molecule is Cc1ccc(N2CCC[N+]3=C2N=C2C3C(=O)N(CC(=O)C(C)(C)C)C(=O)N2C)c(C)c1. The summed E-state index contributed by atoms with van der Waals surface area (Å²) in [5.41, 5.74) is 2.74. The Morgan fingerprint density at radius 1 is 1.23 bits per heavy atom. The predicted molar refractivity (Wildman–Crippen MR) is 119 cm³/mol. The summed E-state index contributed by atoms with van der Waals surface area (Å²) in [6, 6.07) is 5.09. The molecule has 4 rings (SSSR count). The monoisotopic (exact) mass is 424 g/mol. The highest BCUT2D eigenvalue weighted by molar-refractivity contribution is 6.24. The number of Topliss-reactive ketones (excluding diaryl/α,β-unsaturated/α-hetero) is 1. The number of aryl methyl sites for hydroxylation is 2. The smallest absolute Gasteiger partial charge is 0.297 e. The number of aliphatic imine (C=N–C) groups is 1. The van der Waals surface area contributed by atoms with E-state index < -0.39 is 17.5 Å². The van der Waals surface area contributed by atoms with Crippen LogP contribution in [0.3, 0.4) is 0 Å². The van der Waals surface area contributed by atoms with Crippen LogP contribution in [0.2, 0.25) is 0 Å². The van der Waals surface area contributed by atoms with Gasteiger partial charge in [-0.3, -0.25) is 19.4 Å². The Balaban J connectivity index is 1.72. The number of benzene rings is 1. The average Bonchev–Trinajstić information content (AvgIpc) is 3.09. The van der Waals surface area contributed by atoms with Gasteiger partial charge < -0.3 is 0 Å². The molecule has 1 aromatic rings. The van der Waals surface area contributed by atoms with Gasteiger partial charge in [-0.1, -0.05) is 43.5 Å². The zero-order valence-electron chi connectivity index (χ0n) is 19.1. The minimum atomic E-state index is -0.681. The Labute approximate surface area is 182 Å². The molecule has 31 heavy (non-hydrogen) atoms. The van der Waals surface area contributed by atoms with E-state index in [0.29, 0.717) is 18.3 Å². The van der Waals surface area contributed by atoms with Gasteiger partial charge in [0.2, 0.25) is 11.9 Å². The lowest BCUT2D eigenvalue weighted by atomic mass is 9.90. The number of hydrogen-bond donors (Lipinski definition) is 0. The summed E-state index contributed by atoms with van der Waals surface area (Å²) in [5.74, 6) is 0.592. The van der Waals surface area contributed by atoms with Crippen molar-refractivity contribution in [2.75, 3.05) is 31.6 Å². The first kappa shape index (κ1) is 21.2. The molecule has 0 radical (unpaired) electrons. The van der Waals surface area contributed by atoms with Crippen LogP contribution in [0.1, 0.15) is 38.3 Å². The first-order valence-corrected chi connectivity index (χ1v) is 10.7. The molecule has 3 aliphatic rings. The Bertz CT molecular complexity index is 1050. The summed E-state index contributed by atoms with van der Waals surface area (Å²) >= 11 is 0. The average molecular weight is 425 g/mol. The van der Waals surface area contributed by atoms with E-state index in [9.17, 15) is 14.4 Å². The van der Waals surface area contributed by atoms with Gasteiger partial charge in [0.05, 0.1) is 19.6 Å². The van der Waals surface area contributed by atoms with Gasteiger partial charge in [-0.15, -0.1) is 0 Å². The maximum Gasteiger partial charge on any atom is 0.397 e. The quantitative estimate of drug-likeness (QED) is 0.697. The van der Waals surface area contributed by atoms with E-state index in [0.717, 1.165) is 29.1 Å². The number of hydrogen-bond acceptors (Lipinski definition) is 5. The lowest BCUT2D eigenvalue weighted by Crippen LogP contribution is -2.64. The number of anilines is 1. The summed E-state index contributed by atoms with van der Waals surface area (Å²) in [6.07, 6.45) is 0.863. The lowest BCUT2D eigenvalue weighted by Gasteiger charge is -2.35. The number of nitrogens with zero attached hydrogens (tertiary/aromatic N) is 5. The van der Waals surface area contributed by atoms with Crippen LogP contribution in [0, 0.1) is 19.3 Å². The zero-order valence-corrected chi connectivity index (χ0v) is 19.1. The molecular formula is C23H30N5O3+. The van der Waals surface area contributed by atoms with Crippen molar-refractivity contribution >= 4 is 35.2 Å². The number of rotatable bonds is 3. The summed E-state index contributed by atoms with van der Waals surface area (Å²) in [5, 5.41) is 0. The van der Waals surface area contributed by atoms with E-state index in [1.807, 2.05) is 4.58 Å². The van der Waals surface area contributed by atoms with Crippen molar-refractivity contribution in [3.8, 4) is 0 Å². The highest BCUT2D eigenvalue weighted by Crippen LogP contribution is 2.29. The molecule has 0 spiro atoms. The Kier molecular flexibility index (Phi) is 4.98. The number of guanidine groups is 1. The van der Waals surface area contributed by atoms with Gasteiger partial charge in [0.25, 0.3) is 5.91 Å². The van der Waals surface area contributed by atoms with Crippen molar-refractivity contribution in [2.24, 2.45) is 10.4 Å². The van der Waals surface area contributed by atoms with Crippen molar-refractivity contribution in [3.63, 3.8) is 0 Å². The fourth-order valence-corrected chi connectivity index (χ4v) is 4.31. The molecule has 1 aromatic carbocycles. The number of fused-ring (bicyclic) bond motifs is 2. The van der Waals surface area contributed by atoms with Crippen molar-refractivity contribution in [3.05, 3.63) is 29.3 Å². The van der Waals surface area contributed by atoms with Gasteiger partial charge in [0.15, 0.2) is 5.78 Å². The number of urea groups is 1. The minimum absolute atomic E-state index is 0.152. The molecule has 164 valence electrons. The second-order valence-electron chi connectivity index (χ2n) is 9.60. The van der Waals surface area contributed by atoms with E-state index in [-0.39, 0.29) is 18.2 Å². The van der Waals surface area contributed by atoms with Gasteiger partial charge in [0.1, 0.15) is 5.69 Å². The zero-order chi connectivity index (χ0) is 22.7. The third-order valence-electron chi connectivity index (χ3n) is 6.19. The van der Waals surface area contributed by atoms with Gasteiger partial charge in [-0.25, -0.2) is 14.3 Å². The Morgan fingerprint density at radius 2 is 1.94 bits per heavy atom. The van der Waals surface area contributed by atoms with Crippen LogP contribution >= 0.6 is 0 Å². The number of amides is 3. The molecule has 1 unspecified atom stereocenters. The fourth-order valence-electron chi connectivity index (χ4n) is 4.31. The Hall–Kier alpha value is -3.03. The van der Waals surface area contributed by atoms with Crippen molar-refractivity contribution in [1.29, 1.82) is 0 Å². The van der Waals surface area contributed by atoms with Gasteiger partial charge in [0, 0.05) is 18.9 Å². The maximum atomic E-state index is 13.4. The molecule has 0 aliphatic carbocycles. The molecule has 1 saturated heterocycles. The van der Waals surface area contributed by atoms with Crippen molar-refractivity contribution in [2.45, 2.75) is 47.1 Å². The molecule has 3 aliphatic heterocycles. The number of imide groups is 1. The van der Waals surface area contributed by atoms with Gasteiger partial charge in [-0.2, -0.15) is 0 Å². The first-order chi connectivity index (χ1) is 14.5. The molecule has 3 amide bonds. The molecule has 0 aromatic heterocycles. The normalized spacial score (nSPS) is 21.4. The second kappa shape index (κ2) is 7.28. The Morgan fingerprint density at radius 3 is 2.58 bits per heavy atom. The summed E-state index contributed by atoms with van der Waals surface area (Å²) in [4.78, 5) is 48.3. The van der Waals surface area contributed by atoms with Crippen LogP contribution in [-0.2, 0) is 9.59 Å². The van der Waals surface area contributed by atoms with Crippen molar-refractivity contribution in [1.82, 2.24) is 9.80 Å². The number of likely N-dealkylation sites (N-methyl/N-ethyl adjacent to an activating group) is 1. The summed E-state index contributed by atoms with van der Waals surface area (Å²) in [6.45, 7) is 10.7. The van der Waals surface area contributed by atoms with Crippen LogP contribution in [-0.4, -0.2) is 76.6 Å². The van der Waals surface area contributed by atoms with Gasteiger partial charge >= 0.3 is 12.0 Å². The molecular weight excluding hydrogens is 394 g/mol. The topological polar surface area (TPSA) is 76.3 Å². The molecule has 0 saturated carbocycles. The molecule has 0 N–H and O–H groups in total. The molecule has 8 nitrogen and oxygen atoms in total. The second-order valence-corrected chi connectivity index (χ2v) is 9.60. The number of carbonyl (C=O) groups excluding carboxylic acids is 3.